The Morgan fingerprint density at radius 3 is 2.39 bits per heavy atom. The van der Waals surface area contributed by atoms with Crippen LogP contribution in [-0.4, -0.2) is 31.6 Å². The van der Waals surface area contributed by atoms with Crippen LogP contribution in [0.4, 0.5) is 6.01 Å². The van der Waals surface area contributed by atoms with Crippen molar-refractivity contribution >= 4 is 21.9 Å². The highest BCUT2D eigenvalue weighted by Crippen LogP contribution is 2.38. The number of nitrogens with zero attached hydrogens (tertiary/aromatic N) is 2. The lowest BCUT2D eigenvalue weighted by Crippen LogP contribution is -2.46. The van der Waals surface area contributed by atoms with Crippen LogP contribution in [0.2, 0.25) is 0 Å². The summed E-state index contributed by atoms with van der Waals surface area (Å²) in [4.78, 5) is 15.9. The van der Waals surface area contributed by atoms with E-state index in [4.69, 9.17) is 16.0 Å². The highest BCUT2D eigenvalue weighted by Gasteiger charge is 2.40. The number of carbonyl (C=O) groups is 1. The van der Waals surface area contributed by atoms with E-state index in [-0.39, 0.29) is 21.9 Å². The third-order valence-corrected chi connectivity index (χ3v) is 4.96. The molecule has 3 aromatic rings. The second-order valence-corrected chi connectivity index (χ2v) is 7.52. The first-order chi connectivity index (χ1) is 13.2. The maximum atomic E-state index is 12.0. The van der Waals surface area contributed by atoms with E-state index in [1.54, 1.807) is 36.4 Å². The van der Waals surface area contributed by atoms with Gasteiger partial charge in [-0.15, -0.1) is 6.42 Å². The molecule has 1 atom stereocenters. The Balaban J connectivity index is 2.34. The van der Waals surface area contributed by atoms with E-state index in [2.05, 4.69) is 4.98 Å². The van der Waals surface area contributed by atoms with E-state index in [1.807, 2.05) is 5.92 Å². The SMILES string of the molecule is C#CC(=O)[N+](C)(O)c1nc(-c2ccccc2S(N)(=O)=O)c(-c2ccccc2)o1. The molecule has 1 amide bonds. The maximum Gasteiger partial charge on any atom is 0.447 e. The Morgan fingerprint density at radius 1 is 1.18 bits per heavy atom. The first-order valence-electron chi connectivity index (χ1n) is 7.95. The lowest BCUT2D eigenvalue weighted by molar-refractivity contribution is -0.152. The number of rotatable bonds is 4. The Morgan fingerprint density at radius 2 is 1.79 bits per heavy atom. The van der Waals surface area contributed by atoms with E-state index in [0.717, 1.165) is 7.05 Å². The van der Waals surface area contributed by atoms with Gasteiger partial charge in [-0.1, -0.05) is 48.5 Å². The van der Waals surface area contributed by atoms with E-state index in [1.165, 1.54) is 18.2 Å². The van der Waals surface area contributed by atoms with E-state index >= 15 is 0 Å². The van der Waals surface area contributed by atoms with Crippen molar-refractivity contribution in [2.75, 3.05) is 7.05 Å². The molecule has 1 aromatic heterocycles. The number of hydrogen-bond acceptors (Lipinski definition) is 6. The van der Waals surface area contributed by atoms with Crippen LogP contribution in [0.3, 0.4) is 0 Å². The summed E-state index contributed by atoms with van der Waals surface area (Å²) in [7, 11) is -2.98. The number of primary sulfonamides is 1. The number of nitrogens with two attached hydrogens (primary N) is 1. The van der Waals surface area contributed by atoms with Gasteiger partial charge in [0.25, 0.3) is 0 Å². The van der Waals surface area contributed by atoms with Gasteiger partial charge in [-0.25, -0.2) is 18.4 Å². The molecule has 3 rings (SSSR count). The smallest absolute Gasteiger partial charge is 0.392 e. The number of hydrogen-bond donors (Lipinski definition) is 2. The van der Waals surface area contributed by atoms with Crippen LogP contribution in [0.15, 0.2) is 63.9 Å². The number of hydroxylamine groups is 2. The van der Waals surface area contributed by atoms with Gasteiger partial charge >= 0.3 is 11.9 Å². The van der Waals surface area contributed by atoms with Crippen LogP contribution in [0.25, 0.3) is 22.6 Å². The molecule has 1 heterocycles. The fourth-order valence-corrected chi connectivity index (χ4v) is 3.33. The van der Waals surface area contributed by atoms with Crippen LogP contribution in [0.1, 0.15) is 0 Å². The standard InChI is InChI=1S/C19H16N3O5S/c1-3-16(23)22(2,24)19-21-17(18(27-19)13-9-5-4-6-10-13)14-11-7-8-12-15(14)28(20,25)26/h1,4-12,24H,2H3,(H2,20,25,26)/q+1. The second kappa shape index (κ2) is 7.03. The maximum absolute atomic E-state index is 12.0. The van der Waals surface area contributed by atoms with Crippen LogP contribution in [0.5, 0.6) is 0 Å². The fourth-order valence-electron chi connectivity index (χ4n) is 2.59. The molecule has 0 radical (unpaired) electrons. The number of oxazole rings is 1. The number of benzene rings is 2. The first kappa shape index (κ1) is 19.5. The van der Waals surface area contributed by atoms with E-state index in [0.29, 0.717) is 5.56 Å². The monoisotopic (exact) mass is 398 g/mol. The summed E-state index contributed by atoms with van der Waals surface area (Å²) in [6.07, 6.45) is 5.10. The Hall–Kier alpha value is -3.29. The number of terminal acetylenes is 1. The molecule has 1 unspecified atom stereocenters. The number of aromatic nitrogens is 1. The summed E-state index contributed by atoms with van der Waals surface area (Å²) in [6.45, 7) is 0. The molecule has 9 heteroatoms. The summed E-state index contributed by atoms with van der Waals surface area (Å²) >= 11 is 0. The predicted octanol–water partition coefficient (Wildman–Crippen LogP) is 2.14. The molecule has 0 aliphatic heterocycles. The van der Waals surface area contributed by atoms with Crippen molar-refractivity contribution in [1.29, 1.82) is 0 Å². The lowest BCUT2D eigenvalue weighted by Gasteiger charge is -2.13. The minimum Gasteiger partial charge on any atom is -0.392 e. The molecule has 0 saturated heterocycles. The molecule has 0 aliphatic rings. The van der Waals surface area contributed by atoms with Gasteiger partial charge < -0.3 is 4.42 Å². The molecular weight excluding hydrogens is 382 g/mol. The molecule has 8 nitrogen and oxygen atoms in total. The highest BCUT2D eigenvalue weighted by atomic mass is 32.2. The Labute approximate surface area is 161 Å². The van der Waals surface area contributed by atoms with Gasteiger partial charge in [0.2, 0.25) is 10.0 Å². The van der Waals surface area contributed by atoms with Gasteiger partial charge in [-0.3, -0.25) is 0 Å². The second-order valence-electron chi connectivity index (χ2n) is 5.99. The third kappa shape index (κ3) is 3.45. The molecule has 0 bridgehead atoms. The molecule has 28 heavy (non-hydrogen) atoms. The molecular formula is C19H16N3O5S+. The highest BCUT2D eigenvalue weighted by molar-refractivity contribution is 7.89. The normalized spacial score (nSPS) is 13.5. The fraction of sp³-hybridized carbons (Fsp3) is 0.0526. The molecule has 142 valence electrons. The van der Waals surface area contributed by atoms with Gasteiger partial charge in [0, 0.05) is 17.0 Å². The summed E-state index contributed by atoms with van der Waals surface area (Å²) < 4.78 is 28.3. The van der Waals surface area contributed by atoms with Gasteiger partial charge in [-0.2, -0.15) is 10.2 Å². The number of carbonyl (C=O) groups excluding carboxylic acids is 1. The van der Waals surface area contributed by atoms with Gasteiger partial charge in [0.1, 0.15) is 12.7 Å². The van der Waals surface area contributed by atoms with Crippen molar-refractivity contribution in [3.05, 3.63) is 54.6 Å². The molecule has 0 fully saturated rings. The topological polar surface area (TPSA) is 123 Å². The summed E-state index contributed by atoms with van der Waals surface area (Å²) in [6, 6.07) is 14.2. The van der Waals surface area contributed by atoms with E-state index < -0.39 is 26.6 Å². The number of amides is 1. The van der Waals surface area contributed by atoms with Crippen molar-refractivity contribution in [2.24, 2.45) is 5.14 Å². The molecule has 3 N–H and O–H groups in total. The van der Waals surface area contributed by atoms with Crippen molar-refractivity contribution in [3.8, 4) is 34.9 Å². The summed E-state index contributed by atoms with van der Waals surface area (Å²) in [5, 5.41) is 15.8. The van der Waals surface area contributed by atoms with Crippen molar-refractivity contribution in [1.82, 2.24) is 9.63 Å². The molecule has 0 spiro atoms. The number of quaternary nitrogens is 1. The molecule has 0 saturated carbocycles. The van der Waals surface area contributed by atoms with Crippen LogP contribution in [0, 0.1) is 12.3 Å². The van der Waals surface area contributed by atoms with Crippen LogP contribution < -0.4 is 9.79 Å². The minimum atomic E-state index is -4.08. The average Bonchev–Trinajstić information content (AvgIpc) is 3.13. The van der Waals surface area contributed by atoms with E-state index in [9.17, 15) is 18.4 Å². The third-order valence-electron chi connectivity index (χ3n) is 3.99. The quantitative estimate of drug-likeness (QED) is 0.300. The largest absolute Gasteiger partial charge is 0.447 e. The van der Waals surface area contributed by atoms with Crippen molar-refractivity contribution in [3.63, 3.8) is 0 Å². The molecule has 0 aliphatic carbocycles. The zero-order valence-electron chi connectivity index (χ0n) is 14.7. The lowest BCUT2D eigenvalue weighted by atomic mass is 10.1. The van der Waals surface area contributed by atoms with Gasteiger partial charge in [0.15, 0.2) is 5.76 Å². The summed E-state index contributed by atoms with van der Waals surface area (Å²) in [5.74, 6) is 0.956. The van der Waals surface area contributed by atoms with Crippen molar-refractivity contribution < 1.29 is 22.8 Å². The zero-order chi connectivity index (χ0) is 20.5. The van der Waals surface area contributed by atoms with Crippen LogP contribution >= 0.6 is 0 Å². The average molecular weight is 398 g/mol. The minimum absolute atomic E-state index is 0.0917. The van der Waals surface area contributed by atoms with Gasteiger partial charge in [-0.05, 0) is 10.7 Å². The van der Waals surface area contributed by atoms with Crippen molar-refractivity contribution in [2.45, 2.75) is 4.90 Å². The Kier molecular flexibility index (Phi) is 4.89. The zero-order valence-corrected chi connectivity index (χ0v) is 15.6. The predicted molar refractivity (Wildman–Crippen MR) is 102 cm³/mol. The first-order valence-corrected chi connectivity index (χ1v) is 9.50. The molecule has 2 aromatic carbocycles. The summed E-state index contributed by atoms with van der Waals surface area (Å²) in [5.41, 5.74) is 0.801. The number of sulfonamides is 1. The Bertz CT molecular complexity index is 1190. The van der Waals surface area contributed by atoms with Gasteiger partial charge in [0.05, 0.1) is 4.90 Å². The van der Waals surface area contributed by atoms with Crippen LogP contribution in [-0.2, 0) is 14.8 Å².